The van der Waals surface area contributed by atoms with Crippen molar-refractivity contribution in [3.05, 3.63) is 90.0 Å². The van der Waals surface area contributed by atoms with Gasteiger partial charge in [0.25, 0.3) is 0 Å². The third-order valence-corrected chi connectivity index (χ3v) is 7.71. The Hall–Kier alpha value is -4.11. The fraction of sp³-hybridized carbons (Fsp3) is 0.367. The fourth-order valence-corrected chi connectivity index (χ4v) is 5.46. The molecular formula is C30H34N8O. The largest absolute Gasteiger partial charge is 0.385 e. The number of nitrogens with zero attached hydrogens (tertiary/aromatic N) is 7. The number of benzene rings is 2. The number of aromatic nitrogens is 5. The van der Waals surface area contributed by atoms with Gasteiger partial charge in [0.15, 0.2) is 0 Å². The molecule has 0 spiro atoms. The van der Waals surface area contributed by atoms with Crippen LogP contribution in [0.15, 0.2) is 73.3 Å². The average Bonchev–Trinajstić information content (AvgIpc) is 2.99. The Kier molecular flexibility index (Phi) is 7.31. The van der Waals surface area contributed by atoms with Crippen molar-refractivity contribution in [3.63, 3.8) is 0 Å². The zero-order valence-corrected chi connectivity index (χ0v) is 22.1. The van der Waals surface area contributed by atoms with Crippen molar-refractivity contribution in [2.75, 3.05) is 41.3 Å². The summed E-state index contributed by atoms with van der Waals surface area (Å²) in [4.78, 5) is 27.0. The van der Waals surface area contributed by atoms with Crippen molar-refractivity contribution in [2.24, 2.45) is 0 Å². The van der Waals surface area contributed by atoms with E-state index in [0.717, 1.165) is 81.0 Å². The van der Waals surface area contributed by atoms with Crippen LogP contribution in [0.3, 0.4) is 0 Å². The summed E-state index contributed by atoms with van der Waals surface area (Å²) in [7, 11) is 0. The first-order chi connectivity index (χ1) is 19.1. The van der Waals surface area contributed by atoms with Crippen LogP contribution >= 0.6 is 0 Å². The van der Waals surface area contributed by atoms with Gasteiger partial charge in [-0.05, 0) is 41.7 Å². The Morgan fingerprint density at radius 2 is 1.38 bits per heavy atom. The molecule has 0 atom stereocenters. The summed E-state index contributed by atoms with van der Waals surface area (Å²) in [5, 5.41) is 14.3. The summed E-state index contributed by atoms with van der Waals surface area (Å²) in [6.07, 6.45) is 11.2. The maximum atomic E-state index is 11.0. The second-order valence-corrected chi connectivity index (χ2v) is 10.4. The van der Waals surface area contributed by atoms with Crippen LogP contribution < -0.4 is 15.1 Å². The van der Waals surface area contributed by atoms with Crippen LogP contribution in [0.25, 0.3) is 0 Å². The van der Waals surface area contributed by atoms with Crippen LogP contribution in [-0.4, -0.2) is 56.2 Å². The summed E-state index contributed by atoms with van der Waals surface area (Å²) in [5.74, 6) is 1.91. The minimum atomic E-state index is -0.700. The quantitative estimate of drug-likeness (QED) is 0.364. The van der Waals surface area contributed by atoms with Gasteiger partial charge in [-0.3, -0.25) is 0 Å². The van der Waals surface area contributed by atoms with Gasteiger partial charge < -0.3 is 20.2 Å². The van der Waals surface area contributed by atoms with Crippen LogP contribution in [0.2, 0.25) is 0 Å². The third-order valence-electron chi connectivity index (χ3n) is 7.71. The highest BCUT2D eigenvalue weighted by Crippen LogP contribution is 2.37. The van der Waals surface area contributed by atoms with E-state index < -0.39 is 5.60 Å². The molecule has 9 nitrogen and oxygen atoms in total. The maximum Gasteiger partial charge on any atom is 0.231 e. The predicted molar refractivity (Wildman–Crippen MR) is 152 cm³/mol. The van der Waals surface area contributed by atoms with E-state index in [0.29, 0.717) is 11.9 Å². The Morgan fingerprint density at radius 3 is 2.08 bits per heavy atom. The minimum Gasteiger partial charge on any atom is -0.385 e. The molecule has 200 valence electrons. The first-order valence-electron chi connectivity index (χ1n) is 13.8. The molecule has 6 rings (SSSR count). The van der Waals surface area contributed by atoms with Gasteiger partial charge in [-0.2, -0.15) is 4.98 Å². The van der Waals surface area contributed by atoms with E-state index in [1.54, 1.807) is 6.33 Å². The molecule has 0 unspecified atom stereocenters. The molecule has 1 aliphatic carbocycles. The molecule has 9 heteroatoms. The van der Waals surface area contributed by atoms with Gasteiger partial charge in [0.2, 0.25) is 17.8 Å². The molecule has 4 aromatic rings. The van der Waals surface area contributed by atoms with E-state index in [-0.39, 0.29) is 0 Å². The molecule has 0 bridgehead atoms. The van der Waals surface area contributed by atoms with Crippen LogP contribution in [0.1, 0.15) is 48.8 Å². The smallest absolute Gasteiger partial charge is 0.231 e. The molecule has 1 saturated carbocycles. The third kappa shape index (κ3) is 5.98. The number of hydrogen-bond donors (Lipinski definition) is 2. The highest BCUT2D eigenvalue weighted by molar-refractivity contribution is 5.55. The normalized spacial score (nSPS) is 17.2. The number of piperazine rings is 1. The molecule has 39 heavy (non-hydrogen) atoms. The lowest BCUT2D eigenvalue weighted by Crippen LogP contribution is -2.47. The topological polar surface area (TPSA) is 103 Å². The fourth-order valence-electron chi connectivity index (χ4n) is 5.46. The first-order valence-corrected chi connectivity index (χ1v) is 13.8. The van der Waals surface area contributed by atoms with Crippen molar-refractivity contribution in [1.29, 1.82) is 0 Å². The van der Waals surface area contributed by atoms with Gasteiger partial charge in [-0.25, -0.2) is 19.9 Å². The Balaban J connectivity index is 1.04. The zero-order valence-electron chi connectivity index (χ0n) is 22.1. The lowest BCUT2D eigenvalue weighted by atomic mass is 9.80. The summed E-state index contributed by atoms with van der Waals surface area (Å²) >= 11 is 0. The highest BCUT2D eigenvalue weighted by atomic mass is 16.3. The molecule has 2 aromatic carbocycles. The van der Waals surface area contributed by atoms with Crippen molar-refractivity contribution in [3.8, 4) is 0 Å². The monoisotopic (exact) mass is 522 g/mol. The second kappa shape index (κ2) is 11.3. The number of rotatable bonds is 7. The van der Waals surface area contributed by atoms with E-state index in [2.05, 4.69) is 64.3 Å². The number of nitrogens with one attached hydrogen (secondary N) is 1. The van der Waals surface area contributed by atoms with E-state index in [4.69, 9.17) is 0 Å². The van der Waals surface area contributed by atoms with Crippen LogP contribution in [0.4, 0.5) is 23.5 Å². The lowest BCUT2D eigenvalue weighted by molar-refractivity contribution is -0.000610. The number of hydrogen-bond acceptors (Lipinski definition) is 9. The molecule has 2 aromatic heterocycles. The summed E-state index contributed by atoms with van der Waals surface area (Å²) in [5.41, 5.74) is 3.52. The van der Waals surface area contributed by atoms with Crippen LogP contribution in [0, 0.1) is 0 Å². The van der Waals surface area contributed by atoms with Gasteiger partial charge in [0, 0.05) is 50.7 Å². The SMILES string of the molecule is OC1(c2ccc(Nc3ncnc(N4CCN(c5ncc(Cc6ccccc6)cn5)CC4)n3)cc2)CCCCC1. The average molecular weight is 523 g/mol. The van der Waals surface area contributed by atoms with Gasteiger partial charge in [-0.15, -0.1) is 0 Å². The molecule has 3 heterocycles. The van der Waals surface area contributed by atoms with E-state index >= 15 is 0 Å². The first kappa shape index (κ1) is 25.2. The summed E-state index contributed by atoms with van der Waals surface area (Å²) in [6.45, 7) is 3.12. The van der Waals surface area contributed by atoms with Crippen molar-refractivity contribution >= 4 is 23.5 Å². The van der Waals surface area contributed by atoms with Gasteiger partial charge >= 0.3 is 0 Å². The lowest BCUT2D eigenvalue weighted by Gasteiger charge is -2.34. The van der Waals surface area contributed by atoms with Crippen molar-refractivity contribution in [1.82, 2.24) is 24.9 Å². The van der Waals surface area contributed by atoms with Gasteiger partial charge in [0.1, 0.15) is 6.33 Å². The zero-order chi connectivity index (χ0) is 26.5. The van der Waals surface area contributed by atoms with Gasteiger partial charge in [0.05, 0.1) is 5.60 Å². The molecule has 0 radical (unpaired) electrons. The molecule has 1 aliphatic heterocycles. The highest BCUT2D eigenvalue weighted by Gasteiger charge is 2.31. The molecular weight excluding hydrogens is 488 g/mol. The Labute approximate surface area is 229 Å². The van der Waals surface area contributed by atoms with E-state index in [9.17, 15) is 5.11 Å². The molecule has 2 N–H and O–H groups in total. The summed E-state index contributed by atoms with van der Waals surface area (Å²) < 4.78 is 0. The van der Waals surface area contributed by atoms with Crippen molar-refractivity contribution in [2.45, 2.75) is 44.1 Å². The number of anilines is 4. The minimum absolute atomic E-state index is 0.504. The van der Waals surface area contributed by atoms with Crippen molar-refractivity contribution < 1.29 is 5.11 Å². The molecule has 1 saturated heterocycles. The molecule has 2 aliphatic rings. The molecule has 0 amide bonds. The predicted octanol–water partition coefficient (Wildman–Crippen LogP) is 4.47. The Bertz CT molecular complexity index is 1350. The van der Waals surface area contributed by atoms with E-state index in [1.807, 2.05) is 42.7 Å². The number of aliphatic hydroxyl groups is 1. The summed E-state index contributed by atoms with van der Waals surface area (Å²) in [6, 6.07) is 18.3. The second-order valence-electron chi connectivity index (χ2n) is 10.4. The molecule has 2 fully saturated rings. The van der Waals surface area contributed by atoms with Gasteiger partial charge in [-0.1, -0.05) is 61.7 Å². The standard InChI is InChI=1S/C30H34N8O/c39-30(13-5-2-6-14-30)25-9-11-26(12-10-25)35-27-33-22-34-29(36-27)38-17-15-37(16-18-38)28-31-20-24(21-32-28)19-23-7-3-1-4-8-23/h1,3-4,7-12,20-22,39H,2,5-6,13-19H2,(H,33,34,35,36). The van der Waals surface area contributed by atoms with E-state index in [1.165, 1.54) is 12.0 Å². The van der Waals surface area contributed by atoms with Crippen LogP contribution in [-0.2, 0) is 12.0 Å². The maximum absolute atomic E-state index is 11.0. The van der Waals surface area contributed by atoms with Crippen LogP contribution in [0.5, 0.6) is 0 Å². The Morgan fingerprint density at radius 1 is 0.718 bits per heavy atom.